The van der Waals surface area contributed by atoms with E-state index in [0.29, 0.717) is 28.5 Å². The minimum Gasteiger partial charge on any atom is -0.495 e. The van der Waals surface area contributed by atoms with Gasteiger partial charge in [0.2, 0.25) is 11.8 Å². The summed E-state index contributed by atoms with van der Waals surface area (Å²) < 4.78 is 34.7. The van der Waals surface area contributed by atoms with Crippen molar-refractivity contribution in [2.75, 3.05) is 18.0 Å². The number of halogens is 2. The van der Waals surface area contributed by atoms with Gasteiger partial charge in [-0.05, 0) is 74.2 Å². The fourth-order valence-electron chi connectivity index (χ4n) is 4.42. The van der Waals surface area contributed by atoms with Gasteiger partial charge in [0.1, 0.15) is 18.3 Å². The molecule has 0 spiro atoms. The van der Waals surface area contributed by atoms with Gasteiger partial charge in [-0.1, -0.05) is 67.4 Å². The SMILES string of the molecule is CC[C@@H](C)NC(=O)[C@@H](CC)N(Cc1ccc(Cl)c(Cl)c1)C(=O)CN(c1cc(C)ccc1OC)S(=O)(=O)c1ccccc1. The molecule has 0 saturated heterocycles. The van der Waals surface area contributed by atoms with Crippen molar-refractivity contribution in [2.24, 2.45) is 0 Å². The van der Waals surface area contributed by atoms with E-state index in [-0.39, 0.29) is 34.8 Å². The van der Waals surface area contributed by atoms with Crippen LogP contribution in [-0.4, -0.2) is 50.9 Å². The Bertz CT molecular complexity index is 1500. The van der Waals surface area contributed by atoms with E-state index in [1.54, 1.807) is 61.5 Å². The second kappa shape index (κ2) is 14.8. The molecule has 0 radical (unpaired) electrons. The van der Waals surface area contributed by atoms with E-state index in [1.165, 1.54) is 24.1 Å². The predicted molar refractivity (Wildman–Crippen MR) is 168 cm³/mol. The normalized spacial score (nSPS) is 12.7. The zero-order valence-electron chi connectivity index (χ0n) is 24.4. The number of nitrogens with zero attached hydrogens (tertiary/aromatic N) is 2. The predicted octanol–water partition coefficient (Wildman–Crippen LogP) is 6.23. The van der Waals surface area contributed by atoms with Gasteiger partial charge in [-0.3, -0.25) is 13.9 Å². The number of sulfonamides is 1. The van der Waals surface area contributed by atoms with Crippen LogP contribution in [0.1, 0.15) is 44.7 Å². The number of aryl methyl sites for hydroxylation is 1. The second-order valence-corrected chi connectivity index (χ2v) is 12.7. The van der Waals surface area contributed by atoms with Crippen LogP contribution in [0.4, 0.5) is 5.69 Å². The fraction of sp³-hybridized carbons (Fsp3) is 0.355. The smallest absolute Gasteiger partial charge is 0.264 e. The minimum absolute atomic E-state index is 0.00628. The highest BCUT2D eigenvalue weighted by Crippen LogP contribution is 2.34. The molecule has 0 aliphatic rings. The van der Waals surface area contributed by atoms with Crippen LogP contribution in [-0.2, 0) is 26.2 Å². The number of hydrogen-bond donors (Lipinski definition) is 1. The highest BCUT2D eigenvalue weighted by Gasteiger charge is 2.35. The lowest BCUT2D eigenvalue weighted by Crippen LogP contribution is -2.53. The summed E-state index contributed by atoms with van der Waals surface area (Å²) in [4.78, 5) is 29.1. The summed E-state index contributed by atoms with van der Waals surface area (Å²) in [6, 6.07) is 17.0. The van der Waals surface area contributed by atoms with E-state index in [4.69, 9.17) is 27.9 Å². The summed E-state index contributed by atoms with van der Waals surface area (Å²) in [5.74, 6) is -0.619. The Labute approximate surface area is 258 Å². The summed E-state index contributed by atoms with van der Waals surface area (Å²) in [6.07, 6.45) is 1.01. The molecule has 0 bridgehead atoms. The van der Waals surface area contributed by atoms with Gasteiger partial charge in [0, 0.05) is 12.6 Å². The summed E-state index contributed by atoms with van der Waals surface area (Å²) in [5.41, 5.74) is 1.62. The van der Waals surface area contributed by atoms with Gasteiger partial charge in [-0.15, -0.1) is 0 Å². The third-order valence-corrected chi connectivity index (χ3v) is 9.45. The molecular weight excluding hydrogens is 597 g/mol. The first-order valence-electron chi connectivity index (χ1n) is 13.7. The van der Waals surface area contributed by atoms with Crippen LogP contribution in [0, 0.1) is 6.92 Å². The lowest BCUT2D eigenvalue weighted by atomic mass is 10.1. The molecular formula is C31H37Cl2N3O5S. The van der Waals surface area contributed by atoms with Crippen molar-refractivity contribution in [3.8, 4) is 5.75 Å². The standard InChI is InChI=1S/C31H37Cl2N3O5S/c1-6-22(4)34-31(38)27(7-2)35(19-23-14-15-25(32)26(33)18-23)30(37)20-36(28-17-21(3)13-16-29(28)41-5)42(39,40)24-11-9-8-10-12-24/h8-18,22,27H,6-7,19-20H2,1-5H3,(H,34,38)/t22-,27-/m1/s1. The van der Waals surface area contributed by atoms with E-state index in [0.717, 1.165) is 9.87 Å². The van der Waals surface area contributed by atoms with Crippen molar-refractivity contribution >= 4 is 50.7 Å². The number of ether oxygens (including phenoxy) is 1. The van der Waals surface area contributed by atoms with Gasteiger partial charge in [0.05, 0.1) is 27.7 Å². The highest BCUT2D eigenvalue weighted by atomic mass is 35.5. The first-order valence-corrected chi connectivity index (χ1v) is 15.9. The van der Waals surface area contributed by atoms with Gasteiger partial charge >= 0.3 is 0 Å². The molecule has 2 amide bonds. The van der Waals surface area contributed by atoms with Crippen LogP contribution in [0.5, 0.6) is 5.75 Å². The van der Waals surface area contributed by atoms with Crippen LogP contribution in [0.2, 0.25) is 10.0 Å². The van der Waals surface area contributed by atoms with Gasteiger partial charge < -0.3 is 15.0 Å². The van der Waals surface area contributed by atoms with Crippen molar-refractivity contribution in [1.29, 1.82) is 0 Å². The third kappa shape index (κ3) is 7.96. The Morgan fingerprint density at radius 1 is 0.952 bits per heavy atom. The number of anilines is 1. The largest absolute Gasteiger partial charge is 0.495 e. The summed E-state index contributed by atoms with van der Waals surface area (Å²) in [5, 5.41) is 3.61. The molecule has 1 N–H and O–H groups in total. The van der Waals surface area contributed by atoms with Gasteiger partial charge in [-0.2, -0.15) is 0 Å². The highest BCUT2D eigenvalue weighted by molar-refractivity contribution is 7.92. The molecule has 0 fully saturated rings. The molecule has 0 aliphatic carbocycles. The number of amides is 2. The quantitative estimate of drug-likeness (QED) is 0.241. The second-order valence-electron chi connectivity index (χ2n) is 10.0. The fourth-order valence-corrected chi connectivity index (χ4v) is 6.18. The molecule has 0 unspecified atom stereocenters. The maximum Gasteiger partial charge on any atom is 0.264 e. The van der Waals surface area contributed by atoms with E-state index in [1.807, 2.05) is 20.8 Å². The van der Waals surface area contributed by atoms with Crippen LogP contribution < -0.4 is 14.4 Å². The van der Waals surface area contributed by atoms with Crippen molar-refractivity contribution < 1.29 is 22.7 Å². The summed E-state index contributed by atoms with van der Waals surface area (Å²) in [6.45, 7) is 6.89. The Balaban J connectivity index is 2.13. The molecule has 0 heterocycles. The van der Waals surface area contributed by atoms with Crippen LogP contribution in [0.3, 0.4) is 0 Å². The van der Waals surface area contributed by atoms with Crippen LogP contribution in [0.25, 0.3) is 0 Å². The molecule has 3 aromatic rings. The van der Waals surface area contributed by atoms with Crippen molar-refractivity contribution in [1.82, 2.24) is 10.2 Å². The zero-order chi connectivity index (χ0) is 31.0. The van der Waals surface area contributed by atoms with Gasteiger partial charge in [0.15, 0.2) is 0 Å². The Morgan fingerprint density at radius 2 is 1.64 bits per heavy atom. The Hall–Kier alpha value is -3.27. The minimum atomic E-state index is -4.23. The van der Waals surface area contributed by atoms with E-state index in [9.17, 15) is 18.0 Å². The molecule has 11 heteroatoms. The van der Waals surface area contributed by atoms with Crippen LogP contribution >= 0.6 is 23.2 Å². The topological polar surface area (TPSA) is 96.0 Å². The number of rotatable bonds is 13. The van der Waals surface area contributed by atoms with Gasteiger partial charge in [-0.25, -0.2) is 8.42 Å². The molecule has 0 aromatic heterocycles. The van der Waals surface area contributed by atoms with E-state index in [2.05, 4.69) is 5.32 Å². The molecule has 3 rings (SSSR count). The lowest BCUT2D eigenvalue weighted by Gasteiger charge is -2.34. The molecule has 42 heavy (non-hydrogen) atoms. The Morgan fingerprint density at radius 3 is 2.24 bits per heavy atom. The number of hydrogen-bond acceptors (Lipinski definition) is 5. The van der Waals surface area contributed by atoms with Crippen molar-refractivity contribution in [3.05, 3.63) is 87.9 Å². The molecule has 8 nitrogen and oxygen atoms in total. The van der Waals surface area contributed by atoms with E-state index >= 15 is 0 Å². The Kier molecular flexibility index (Phi) is 11.7. The van der Waals surface area contributed by atoms with Crippen molar-refractivity contribution in [3.63, 3.8) is 0 Å². The number of carbonyl (C=O) groups excluding carboxylic acids is 2. The van der Waals surface area contributed by atoms with E-state index < -0.39 is 28.5 Å². The maximum absolute atomic E-state index is 14.2. The summed E-state index contributed by atoms with van der Waals surface area (Å²) >= 11 is 12.4. The third-order valence-electron chi connectivity index (χ3n) is 6.94. The van der Waals surface area contributed by atoms with Crippen molar-refractivity contribution in [2.45, 2.75) is 64.1 Å². The average molecular weight is 635 g/mol. The lowest BCUT2D eigenvalue weighted by molar-refractivity contribution is -0.140. The number of nitrogens with one attached hydrogen (secondary N) is 1. The molecule has 2 atom stereocenters. The molecule has 226 valence electrons. The monoisotopic (exact) mass is 633 g/mol. The molecule has 0 saturated carbocycles. The number of carbonyl (C=O) groups is 2. The maximum atomic E-state index is 14.2. The van der Waals surface area contributed by atoms with Crippen LogP contribution in [0.15, 0.2) is 71.6 Å². The molecule has 0 aliphatic heterocycles. The molecule has 3 aromatic carbocycles. The average Bonchev–Trinajstić information content (AvgIpc) is 2.97. The number of benzene rings is 3. The van der Waals surface area contributed by atoms with Gasteiger partial charge in [0.25, 0.3) is 10.0 Å². The summed E-state index contributed by atoms with van der Waals surface area (Å²) in [7, 11) is -2.79. The first kappa shape index (κ1) is 33.2. The number of methoxy groups -OCH3 is 1. The zero-order valence-corrected chi connectivity index (χ0v) is 26.8. The first-order chi connectivity index (χ1) is 19.9.